The van der Waals surface area contributed by atoms with Crippen LogP contribution in [0.5, 0.6) is 0 Å². The number of likely N-dealkylation sites (tertiary alicyclic amines) is 1. The zero-order chi connectivity index (χ0) is 21.0. The fourth-order valence-corrected chi connectivity index (χ4v) is 4.33. The average Bonchev–Trinajstić information content (AvgIpc) is 3.52. The van der Waals surface area contributed by atoms with Crippen LogP contribution in [-0.4, -0.2) is 48.8 Å². The maximum absolute atomic E-state index is 13.2. The van der Waals surface area contributed by atoms with Crippen molar-refractivity contribution in [1.29, 1.82) is 0 Å². The van der Waals surface area contributed by atoms with E-state index in [1.165, 1.54) is 17.9 Å². The Morgan fingerprint density at radius 2 is 2.00 bits per heavy atom. The number of nitrogens with one attached hydrogen (secondary N) is 1. The first-order valence-corrected chi connectivity index (χ1v) is 11.1. The summed E-state index contributed by atoms with van der Waals surface area (Å²) >= 11 is 12.9. The molecular weight excluding hydrogens is 409 g/mol. The molecule has 1 aromatic rings. The van der Waals surface area contributed by atoms with Crippen molar-refractivity contribution in [3.63, 3.8) is 0 Å². The standard InChI is InChI=1S/C22H29Cl2N3O2/c1-4-16-8-9-18(21(24)20(16)23)19(14-15-6-7-15)25-22(28)27(29-5-2)17-10-12-26(3)13-11-17/h1,8-9,15,17,19H,5-7,10-14H2,2-3H3,(H,25,28). The maximum atomic E-state index is 13.2. The van der Waals surface area contributed by atoms with Crippen LogP contribution in [-0.2, 0) is 4.84 Å². The highest BCUT2D eigenvalue weighted by atomic mass is 35.5. The second kappa shape index (κ2) is 10.0. The molecule has 0 radical (unpaired) electrons. The fraction of sp³-hybridized carbons (Fsp3) is 0.591. The van der Waals surface area contributed by atoms with Crippen molar-refractivity contribution in [1.82, 2.24) is 15.3 Å². The zero-order valence-electron chi connectivity index (χ0n) is 17.1. The van der Waals surface area contributed by atoms with Crippen LogP contribution in [0.1, 0.15) is 56.2 Å². The molecule has 1 atom stereocenters. The Bertz CT molecular complexity index is 768. The molecule has 1 aliphatic heterocycles. The van der Waals surface area contributed by atoms with Gasteiger partial charge in [0.05, 0.1) is 28.7 Å². The maximum Gasteiger partial charge on any atom is 0.342 e. The third-order valence-electron chi connectivity index (χ3n) is 5.69. The van der Waals surface area contributed by atoms with E-state index < -0.39 is 0 Å². The predicted molar refractivity (Wildman–Crippen MR) is 117 cm³/mol. The van der Waals surface area contributed by atoms with E-state index >= 15 is 0 Å². The van der Waals surface area contributed by atoms with Gasteiger partial charge in [0.25, 0.3) is 0 Å². The largest absolute Gasteiger partial charge is 0.342 e. The van der Waals surface area contributed by atoms with Crippen LogP contribution in [0.3, 0.4) is 0 Å². The molecule has 1 saturated carbocycles. The number of piperidine rings is 1. The lowest BCUT2D eigenvalue weighted by Gasteiger charge is -2.36. The minimum absolute atomic E-state index is 0.0654. The summed E-state index contributed by atoms with van der Waals surface area (Å²) in [6, 6.07) is 3.27. The highest BCUT2D eigenvalue weighted by Crippen LogP contribution is 2.41. The number of hydrogen-bond donors (Lipinski definition) is 1. The molecule has 0 spiro atoms. The minimum atomic E-state index is -0.235. The highest BCUT2D eigenvalue weighted by Gasteiger charge is 2.33. The van der Waals surface area contributed by atoms with Gasteiger partial charge in [-0.1, -0.05) is 48.0 Å². The Morgan fingerprint density at radius 3 is 2.59 bits per heavy atom. The SMILES string of the molecule is C#Cc1ccc(C(CC2CC2)NC(=O)N(OCC)C2CCN(C)CC2)c(Cl)c1Cl. The molecular formula is C22H29Cl2N3O2. The van der Waals surface area contributed by atoms with Gasteiger partial charge in [0.2, 0.25) is 0 Å². The van der Waals surface area contributed by atoms with Gasteiger partial charge in [0, 0.05) is 5.56 Å². The molecule has 7 heteroatoms. The zero-order valence-corrected chi connectivity index (χ0v) is 18.6. The lowest BCUT2D eigenvalue weighted by atomic mass is 9.99. The van der Waals surface area contributed by atoms with E-state index in [1.54, 1.807) is 6.07 Å². The third kappa shape index (κ3) is 5.58. The topological polar surface area (TPSA) is 44.8 Å². The van der Waals surface area contributed by atoms with Gasteiger partial charge < -0.3 is 10.2 Å². The number of hydroxylamine groups is 2. The summed E-state index contributed by atoms with van der Waals surface area (Å²) in [4.78, 5) is 21.2. The van der Waals surface area contributed by atoms with Crippen molar-refractivity contribution in [2.45, 2.75) is 51.1 Å². The van der Waals surface area contributed by atoms with E-state index in [0.29, 0.717) is 28.1 Å². The van der Waals surface area contributed by atoms with Crippen LogP contribution in [0.25, 0.3) is 0 Å². The van der Waals surface area contributed by atoms with Crippen LogP contribution < -0.4 is 5.32 Å². The summed E-state index contributed by atoms with van der Waals surface area (Å²) in [6.45, 7) is 4.23. The van der Waals surface area contributed by atoms with Crippen LogP contribution >= 0.6 is 23.2 Å². The monoisotopic (exact) mass is 437 g/mol. The minimum Gasteiger partial charge on any atom is -0.329 e. The second-order valence-electron chi connectivity index (χ2n) is 7.93. The molecule has 3 rings (SSSR count). The number of urea groups is 1. The second-order valence-corrected chi connectivity index (χ2v) is 8.69. The van der Waals surface area contributed by atoms with Gasteiger partial charge in [-0.3, -0.25) is 4.84 Å². The molecule has 1 heterocycles. The number of nitrogens with zero attached hydrogens (tertiary/aromatic N) is 2. The smallest absolute Gasteiger partial charge is 0.329 e. The Morgan fingerprint density at radius 1 is 1.31 bits per heavy atom. The fourth-order valence-electron chi connectivity index (χ4n) is 3.81. The quantitative estimate of drug-likeness (QED) is 0.488. The van der Waals surface area contributed by atoms with Gasteiger partial charge in [-0.2, -0.15) is 0 Å². The van der Waals surface area contributed by atoms with Gasteiger partial charge in [0.15, 0.2) is 0 Å². The van der Waals surface area contributed by atoms with E-state index in [2.05, 4.69) is 23.2 Å². The summed E-state index contributed by atoms with van der Waals surface area (Å²) in [5.41, 5.74) is 1.36. The molecule has 5 nitrogen and oxygen atoms in total. The molecule has 1 N–H and O–H groups in total. The van der Waals surface area contributed by atoms with Crippen LogP contribution in [0.2, 0.25) is 10.0 Å². The third-order valence-corrected chi connectivity index (χ3v) is 6.59. The van der Waals surface area contributed by atoms with Crippen molar-refractivity contribution in [3.8, 4) is 12.3 Å². The molecule has 158 valence electrons. The lowest BCUT2D eigenvalue weighted by Crippen LogP contribution is -2.50. The summed E-state index contributed by atoms with van der Waals surface area (Å²) in [5, 5.41) is 5.46. The molecule has 0 bridgehead atoms. The van der Waals surface area contributed by atoms with Gasteiger partial charge in [0.1, 0.15) is 0 Å². The molecule has 1 aromatic carbocycles. The number of carbonyl (C=O) groups is 1. The summed E-state index contributed by atoms with van der Waals surface area (Å²) in [7, 11) is 2.10. The van der Waals surface area contributed by atoms with Crippen molar-refractivity contribution < 1.29 is 9.63 Å². The van der Waals surface area contributed by atoms with Gasteiger partial charge in [-0.15, -0.1) is 6.42 Å². The van der Waals surface area contributed by atoms with Crippen molar-refractivity contribution in [2.24, 2.45) is 5.92 Å². The van der Waals surface area contributed by atoms with E-state index in [0.717, 1.165) is 37.9 Å². The number of amides is 2. The molecule has 2 aliphatic rings. The molecule has 1 unspecified atom stereocenters. The van der Waals surface area contributed by atoms with Gasteiger partial charge in [-0.05, 0) is 63.9 Å². The van der Waals surface area contributed by atoms with E-state index in [1.807, 2.05) is 13.0 Å². The summed E-state index contributed by atoms with van der Waals surface area (Å²) < 4.78 is 0. The van der Waals surface area contributed by atoms with E-state index in [-0.39, 0.29) is 18.1 Å². The van der Waals surface area contributed by atoms with Crippen molar-refractivity contribution in [2.75, 3.05) is 26.7 Å². The molecule has 1 saturated heterocycles. The van der Waals surface area contributed by atoms with Crippen LogP contribution in [0.15, 0.2) is 12.1 Å². The van der Waals surface area contributed by atoms with Gasteiger partial charge in [-0.25, -0.2) is 9.86 Å². The molecule has 2 fully saturated rings. The first-order chi connectivity index (χ1) is 13.9. The highest BCUT2D eigenvalue weighted by molar-refractivity contribution is 6.43. The molecule has 2 amide bonds. The predicted octanol–water partition coefficient (Wildman–Crippen LogP) is 4.87. The Labute approximate surface area is 183 Å². The van der Waals surface area contributed by atoms with Crippen molar-refractivity contribution >= 4 is 29.2 Å². The lowest BCUT2D eigenvalue weighted by molar-refractivity contribution is -0.149. The average molecular weight is 438 g/mol. The summed E-state index contributed by atoms with van der Waals surface area (Å²) in [5.74, 6) is 3.13. The number of terminal acetylenes is 1. The number of carbonyl (C=O) groups excluding carboxylic acids is 1. The van der Waals surface area contributed by atoms with Gasteiger partial charge >= 0.3 is 6.03 Å². The Balaban J connectivity index is 1.79. The number of benzene rings is 1. The number of rotatable bonds is 7. The normalized spacial score (nSPS) is 18.9. The first kappa shape index (κ1) is 22.2. The van der Waals surface area contributed by atoms with Crippen molar-refractivity contribution in [3.05, 3.63) is 33.3 Å². The number of hydrogen-bond acceptors (Lipinski definition) is 3. The Kier molecular flexibility index (Phi) is 7.70. The number of halogens is 2. The molecule has 1 aliphatic carbocycles. The van der Waals surface area contributed by atoms with Crippen LogP contribution in [0.4, 0.5) is 4.79 Å². The van der Waals surface area contributed by atoms with E-state index in [9.17, 15) is 4.79 Å². The molecule has 0 aromatic heterocycles. The Hall–Kier alpha value is -1.45. The van der Waals surface area contributed by atoms with E-state index in [4.69, 9.17) is 34.5 Å². The van der Waals surface area contributed by atoms with Crippen LogP contribution in [0, 0.1) is 18.3 Å². The first-order valence-electron chi connectivity index (χ1n) is 10.3. The summed E-state index contributed by atoms with van der Waals surface area (Å²) in [6.07, 6.45) is 10.4. The molecule has 29 heavy (non-hydrogen) atoms.